The largest absolute Gasteiger partial charge is 0.493 e. The van der Waals surface area contributed by atoms with Crippen LogP contribution in [0.1, 0.15) is 21.5 Å². The molecule has 0 heterocycles. The van der Waals surface area contributed by atoms with Gasteiger partial charge in [0.05, 0.1) is 18.9 Å². The molecule has 0 fully saturated rings. The van der Waals surface area contributed by atoms with Gasteiger partial charge in [-0.2, -0.15) is 5.10 Å². The highest BCUT2D eigenvalue weighted by atomic mass is 35.5. The molecule has 0 saturated carbocycles. The molecule has 0 unspecified atom stereocenters. The van der Waals surface area contributed by atoms with Crippen molar-refractivity contribution in [1.82, 2.24) is 5.43 Å². The number of benzene rings is 3. The molecule has 3 aromatic carbocycles. The van der Waals surface area contributed by atoms with Crippen LogP contribution < -0.4 is 20.6 Å². The van der Waals surface area contributed by atoms with Crippen LogP contribution in [0.4, 0.5) is 5.69 Å². The lowest BCUT2D eigenvalue weighted by molar-refractivity contribution is 0.0956. The molecule has 0 aromatic heterocycles. The number of carbonyl (C=O) groups is 1. The number of nitrogens with two attached hydrogens (primary N) is 1. The smallest absolute Gasteiger partial charge is 0.273 e. The molecule has 0 saturated heterocycles. The fraction of sp³-hybridized carbons (Fsp3) is 0.0909. The summed E-state index contributed by atoms with van der Waals surface area (Å²) < 4.78 is 11.2. The van der Waals surface area contributed by atoms with Crippen LogP contribution in [0.25, 0.3) is 0 Å². The zero-order valence-electron chi connectivity index (χ0n) is 16.1. The number of hydrazone groups is 1. The summed E-state index contributed by atoms with van der Waals surface area (Å²) in [4.78, 5) is 12.2. The highest BCUT2D eigenvalue weighted by molar-refractivity contribution is 6.35. The van der Waals surface area contributed by atoms with E-state index in [1.54, 1.807) is 67.8 Å². The summed E-state index contributed by atoms with van der Waals surface area (Å²) in [5.74, 6) is 0.663. The molecule has 0 aliphatic rings. The van der Waals surface area contributed by atoms with Crippen LogP contribution in [0.5, 0.6) is 11.5 Å². The Morgan fingerprint density at radius 2 is 1.90 bits per heavy atom. The van der Waals surface area contributed by atoms with Crippen molar-refractivity contribution in [2.24, 2.45) is 5.10 Å². The summed E-state index contributed by atoms with van der Waals surface area (Å²) >= 11 is 12.1. The Morgan fingerprint density at radius 3 is 2.63 bits per heavy atom. The Kier molecular flexibility index (Phi) is 7.17. The standard InChI is InChI=1S/C22H19Cl2N3O3/c1-29-20-9-6-14(12-26-27-22(28)17-4-2-3-5-19(17)25)10-21(20)30-13-15-7-8-16(23)11-18(15)24/h2-12H,13,25H2,1H3,(H,27,28)/b26-12+. The number of hydrogen-bond acceptors (Lipinski definition) is 5. The Balaban J connectivity index is 1.70. The first-order chi connectivity index (χ1) is 14.5. The number of para-hydroxylation sites is 1. The van der Waals surface area contributed by atoms with Crippen molar-refractivity contribution in [3.8, 4) is 11.5 Å². The van der Waals surface area contributed by atoms with Gasteiger partial charge in [0.25, 0.3) is 5.91 Å². The highest BCUT2D eigenvalue weighted by Crippen LogP contribution is 2.30. The zero-order valence-corrected chi connectivity index (χ0v) is 17.6. The molecular formula is C22H19Cl2N3O3. The van der Waals surface area contributed by atoms with Gasteiger partial charge in [-0.3, -0.25) is 4.79 Å². The second-order valence-corrected chi connectivity index (χ2v) is 7.06. The number of nitrogens with one attached hydrogen (secondary N) is 1. The van der Waals surface area contributed by atoms with E-state index in [0.29, 0.717) is 38.4 Å². The van der Waals surface area contributed by atoms with Crippen LogP contribution in [0.3, 0.4) is 0 Å². The third kappa shape index (κ3) is 5.43. The van der Waals surface area contributed by atoms with Crippen molar-refractivity contribution in [2.45, 2.75) is 6.61 Å². The minimum Gasteiger partial charge on any atom is -0.493 e. The molecule has 0 bridgehead atoms. The Bertz CT molecular complexity index is 1090. The van der Waals surface area contributed by atoms with Gasteiger partial charge in [0, 0.05) is 21.3 Å². The molecule has 8 heteroatoms. The fourth-order valence-electron chi connectivity index (χ4n) is 2.61. The Labute approximate surface area is 184 Å². The number of carbonyl (C=O) groups excluding carboxylic acids is 1. The number of hydrogen-bond donors (Lipinski definition) is 2. The molecule has 3 aromatic rings. The molecule has 0 radical (unpaired) electrons. The van der Waals surface area contributed by atoms with Crippen LogP contribution in [-0.4, -0.2) is 19.2 Å². The first-order valence-corrected chi connectivity index (χ1v) is 9.66. The molecule has 0 spiro atoms. The van der Waals surface area contributed by atoms with Gasteiger partial charge in [-0.05, 0) is 48.0 Å². The number of nitrogen functional groups attached to an aromatic ring is 1. The first kappa shape index (κ1) is 21.5. The third-order valence-electron chi connectivity index (χ3n) is 4.17. The molecule has 154 valence electrons. The number of rotatable bonds is 7. The molecule has 0 aliphatic heterocycles. The highest BCUT2D eigenvalue weighted by Gasteiger charge is 2.09. The predicted molar refractivity (Wildman–Crippen MR) is 120 cm³/mol. The van der Waals surface area contributed by atoms with Gasteiger partial charge in [0.2, 0.25) is 0 Å². The molecule has 30 heavy (non-hydrogen) atoms. The molecule has 0 atom stereocenters. The second kappa shape index (κ2) is 10.0. The van der Waals surface area contributed by atoms with Gasteiger partial charge in [-0.25, -0.2) is 5.43 Å². The van der Waals surface area contributed by atoms with Crippen LogP contribution >= 0.6 is 23.2 Å². The van der Waals surface area contributed by atoms with Gasteiger partial charge >= 0.3 is 0 Å². The van der Waals surface area contributed by atoms with E-state index in [0.717, 1.165) is 5.56 Å². The first-order valence-electron chi connectivity index (χ1n) is 8.90. The van der Waals surface area contributed by atoms with Gasteiger partial charge in [0.15, 0.2) is 11.5 Å². The van der Waals surface area contributed by atoms with Crippen LogP contribution in [0.15, 0.2) is 65.8 Å². The van der Waals surface area contributed by atoms with Crippen molar-refractivity contribution in [2.75, 3.05) is 12.8 Å². The van der Waals surface area contributed by atoms with Gasteiger partial charge < -0.3 is 15.2 Å². The maximum atomic E-state index is 12.2. The second-order valence-electron chi connectivity index (χ2n) is 6.22. The van der Waals surface area contributed by atoms with Gasteiger partial charge in [-0.1, -0.05) is 41.4 Å². The van der Waals surface area contributed by atoms with E-state index < -0.39 is 5.91 Å². The maximum Gasteiger partial charge on any atom is 0.273 e. The van der Waals surface area contributed by atoms with Crippen molar-refractivity contribution in [3.05, 3.63) is 87.4 Å². The zero-order chi connectivity index (χ0) is 21.5. The summed E-state index contributed by atoms with van der Waals surface area (Å²) in [6.07, 6.45) is 1.50. The van der Waals surface area contributed by atoms with Crippen molar-refractivity contribution in [1.29, 1.82) is 0 Å². The summed E-state index contributed by atoms with van der Waals surface area (Å²) in [6.45, 7) is 0.233. The Morgan fingerprint density at radius 1 is 1.10 bits per heavy atom. The quantitative estimate of drug-likeness (QED) is 0.308. The number of anilines is 1. The average Bonchev–Trinajstić information content (AvgIpc) is 2.73. The molecule has 3 rings (SSSR count). The van der Waals surface area contributed by atoms with E-state index in [1.165, 1.54) is 6.21 Å². The van der Waals surface area contributed by atoms with E-state index in [-0.39, 0.29) is 6.61 Å². The van der Waals surface area contributed by atoms with E-state index in [1.807, 2.05) is 0 Å². The summed E-state index contributed by atoms with van der Waals surface area (Å²) in [6, 6.07) is 17.2. The molecule has 0 aliphatic carbocycles. The number of amides is 1. The monoisotopic (exact) mass is 443 g/mol. The van der Waals surface area contributed by atoms with Crippen LogP contribution in [0.2, 0.25) is 10.0 Å². The summed E-state index contributed by atoms with van der Waals surface area (Å²) in [5.41, 5.74) is 10.5. The number of halogens is 2. The molecule has 3 N–H and O–H groups in total. The minimum atomic E-state index is -0.397. The van der Waals surface area contributed by atoms with Gasteiger partial charge in [0.1, 0.15) is 6.61 Å². The van der Waals surface area contributed by atoms with Gasteiger partial charge in [-0.15, -0.1) is 0 Å². The summed E-state index contributed by atoms with van der Waals surface area (Å²) in [5, 5.41) is 5.06. The Hall–Kier alpha value is -3.22. The number of nitrogens with zero attached hydrogens (tertiary/aromatic N) is 1. The lowest BCUT2D eigenvalue weighted by atomic mass is 10.2. The maximum absolute atomic E-state index is 12.2. The minimum absolute atomic E-state index is 0.233. The predicted octanol–water partition coefficient (Wildman–Crippen LogP) is 4.93. The van der Waals surface area contributed by atoms with E-state index in [4.69, 9.17) is 38.4 Å². The lowest BCUT2D eigenvalue weighted by Crippen LogP contribution is -2.19. The van der Waals surface area contributed by atoms with E-state index >= 15 is 0 Å². The van der Waals surface area contributed by atoms with Crippen molar-refractivity contribution in [3.63, 3.8) is 0 Å². The molecule has 1 amide bonds. The molecular weight excluding hydrogens is 425 g/mol. The van der Waals surface area contributed by atoms with Crippen molar-refractivity contribution >= 4 is 41.0 Å². The normalized spacial score (nSPS) is 10.8. The number of ether oxygens (including phenoxy) is 2. The van der Waals surface area contributed by atoms with E-state index in [2.05, 4.69) is 10.5 Å². The van der Waals surface area contributed by atoms with Crippen molar-refractivity contribution < 1.29 is 14.3 Å². The number of methoxy groups -OCH3 is 1. The average molecular weight is 444 g/mol. The van der Waals surface area contributed by atoms with E-state index in [9.17, 15) is 4.79 Å². The fourth-order valence-corrected chi connectivity index (χ4v) is 3.07. The summed E-state index contributed by atoms with van der Waals surface area (Å²) in [7, 11) is 1.55. The SMILES string of the molecule is COc1ccc(/C=N/NC(=O)c2ccccc2N)cc1OCc1ccc(Cl)cc1Cl. The third-order valence-corrected chi connectivity index (χ3v) is 4.76. The van der Waals surface area contributed by atoms with Crippen LogP contribution in [-0.2, 0) is 6.61 Å². The molecule has 6 nitrogen and oxygen atoms in total. The van der Waals surface area contributed by atoms with Crippen LogP contribution in [0, 0.1) is 0 Å². The lowest BCUT2D eigenvalue weighted by Gasteiger charge is -2.12. The topological polar surface area (TPSA) is 85.9 Å².